The van der Waals surface area contributed by atoms with E-state index in [-0.39, 0.29) is 56.3 Å². The van der Waals surface area contributed by atoms with Crippen LogP contribution in [0.1, 0.15) is 173 Å². The summed E-state index contributed by atoms with van der Waals surface area (Å²) in [5.41, 5.74) is 0. The third-order valence-electron chi connectivity index (χ3n) is 13.9. The van der Waals surface area contributed by atoms with Gasteiger partial charge in [-0.2, -0.15) is 0 Å². The van der Waals surface area contributed by atoms with Gasteiger partial charge < -0.3 is 73.0 Å². The standard InChI is InChI=1S/C55H97N9O16/c1-13-16-17-18-19-20-35(67)26-42(68)56-37(23-29(4)5)48(72)57-36(21-22-43(69)70)47(71)64-46-34(12)80-55(79)45(33(11)15-3)63-52(76)41(28-66)61-49(73)38(24-30(6)7)58-51(75)40(27-65)60-50(74)39(25-31(8)9)59-53(77)44(32(10)14-2)62-54(46)78/h29-41,44-46,65-67H,13-28H2,1-12H3,(H,56,68)(H,57,72)(H,58,75)(H,59,77)(H,60,74)(H,61,73)(H,62,78)(H,63,76)(H,64,71)(H,69,70)/t32-,33-,34-,35+,36-,37+,38+,39+,40-,41-,44-,45+,46-/m1/s1. The molecule has 1 fully saturated rings. The number of carboxylic acids is 1. The van der Waals surface area contributed by atoms with Crippen molar-refractivity contribution in [2.24, 2.45) is 29.6 Å². The highest BCUT2D eigenvalue weighted by Crippen LogP contribution is 2.17. The minimum absolute atomic E-state index is 0.00960. The van der Waals surface area contributed by atoms with E-state index >= 15 is 0 Å². The maximum atomic E-state index is 14.8. The maximum absolute atomic E-state index is 14.8. The van der Waals surface area contributed by atoms with Crippen molar-refractivity contribution in [2.75, 3.05) is 13.2 Å². The molecule has 1 saturated heterocycles. The van der Waals surface area contributed by atoms with Crippen LogP contribution < -0.4 is 47.9 Å². The Balaban J connectivity index is 4.04. The van der Waals surface area contributed by atoms with E-state index in [4.69, 9.17) is 4.74 Å². The van der Waals surface area contributed by atoms with Crippen molar-refractivity contribution in [1.29, 1.82) is 0 Å². The molecule has 9 amide bonds. The van der Waals surface area contributed by atoms with Crippen molar-refractivity contribution in [1.82, 2.24) is 47.9 Å². The van der Waals surface area contributed by atoms with Gasteiger partial charge in [0.1, 0.15) is 60.5 Å². The first-order chi connectivity index (χ1) is 37.5. The molecule has 1 aliphatic heterocycles. The molecule has 0 radical (unpaired) electrons. The van der Waals surface area contributed by atoms with E-state index in [9.17, 15) is 73.2 Å². The first-order valence-corrected chi connectivity index (χ1v) is 28.6. The van der Waals surface area contributed by atoms with Crippen molar-refractivity contribution in [2.45, 2.75) is 240 Å². The molecule has 458 valence electrons. The number of carboxylic acid groups (broad SMARTS) is 1. The Labute approximate surface area is 471 Å². The fraction of sp³-hybridized carbons (Fsp3) is 0.800. The third kappa shape index (κ3) is 26.1. The summed E-state index contributed by atoms with van der Waals surface area (Å²) >= 11 is 0. The van der Waals surface area contributed by atoms with Gasteiger partial charge in [-0.1, -0.05) is 121 Å². The van der Waals surface area contributed by atoms with Crippen molar-refractivity contribution in [3.8, 4) is 0 Å². The number of rotatable bonds is 28. The van der Waals surface area contributed by atoms with Gasteiger partial charge in [-0.25, -0.2) is 4.79 Å². The van der Waals surface area contributed by atoms with Gasteiger partial charge in [0, 0.05) is 6.42 Å². The highest BCUT2D eigenvalue weighted by atomic mass is 16.5. The molecule has 0 unspecified atom stereocenters. The first-order valence-electron chi connectivity index (χ1n) is 28.6. The van der Waals surface area contributed by atoms with Crippen LogP contribution in [0.3, 0.4) is 0 Å². The van der Waals surface area contributed by atoms with Crippen LogP contribution in [0.4, 0.5) is 0 Å². The van der Waals surface area contributed by atoms with Gasteiger partial charge in [0.05, 0.1) is 25.7 Å². The highest BCUT2D eigenvalue weighted by molar-refractivity contribution is 5.99. The summed E-state index contributed by atoms with van der Waals surface area (Å²) in [6.45, 7) is 18.5. The lowest BCUT2D eigenvalue weighted by molar-refractivity contribution is -0.158. The Morgan fingerprint density at radius 1 is 0.562 bits per heavy atom. The van der Waals surface area contributed by atoms with E-state index < -0.39 is 170 Å². The van der Waals surface area contributed by atoms with E-state index in [1.807, 2.05) is 0 Å². The quantitative estimate of drug-likeness (QED) is 0.0374. The van der Waals surface area contributed by atoms with Crippen LogP contribution >= 0.6 is 0 Å². The number of hydrogen-bond donors (Lipinski definition) is 13. The maximum Gasteiger partial charge on any atom is 0.329 e. The summed E-state index contributed by atoms with van der Waals surface area (Å²) in [4.78, 5) is 153. The fourth-order valence-corrected chi connectivity index (χ4v) is 8.78. The van der Waals surface area contributed by atoms with Crippen molar-refractivity contribution < 1.29 is 77.9 Å². The Morgan fingerprint density at radius 3 is 1.52 bits per heavy atom. The molecule has 80 heavy (non-hydrogen) atoms. The number of aliphatic carboxylic acids is 1. The summed E-state index contributed by atoms with van der Waals surface area (Å²) in [5.74, 6) is -13.3. The predicted octanol–water partition coefficient (Wildman–Crippen LogP) is 0.486. The minimum Gasteiger partial charge on any atom is -0.481 e. The van der Waals surface area contributed by atoms with Gasteiger partial charge in [-0.05, 0) is 68.6 Å². The molecule has 0 saturated carbocycles. The summed E-state index contributed by atoms with van der Waals surface area (Å²) in [6.07, 6.45) is 1.31. The number of hydrogen-bond acceptors (Lipinski definition) is 15. The SMILES string of the molecule is CCCCCCC[C@H](O)CC(=O)N[C@@H](CC(C)C)C(=O)N[C@H](CCC(=O)O)C(=O)N[C@H]1C(=O)N[C@H]([C@H](C)CC)C(=O)N[C@@H](CC(C)C)C(=O)N[C@H](CO)C(=O)N[C@@H](CC(C)C)C(=O)N[C@H](CO)C(=O)N[C@@H]([C@H](C)CC)C(=O)O[C@@H]1C. The van der Waals surface area contributed by atoms with Gasteiger partial charge in [0.25, 0.3) is 0 Å². The number of aliphatic hydroxyl groups is 3. The van der Waals surface area contributed by atoms with Gasteiger partial charge in [0.2, 0.25) is 53.2 Å². The molecule has 13 atom stereocenters. The number of esters is 1. The second-order valence-electron chi connectivity index (χ2n) is 22.5. The predicted molar refractivity (Wildman–Crippen MR) is 295 cm³/mol. The smallest absolute Gasteiger partial charge is 0.329 e. The van der Waals surface area contributed by atoms with Gasteiger partial charge in [0.15, 0.2) is 0 Å². The molecular formula is C55H97N9O16. The molecule has 25 heteroatoms. The van der Waals surface area contributed by atoms with Crippen LogP contribution in [0.5, 0.6) is 0 Å². The Kier molecular flexibility index (Phi) is 33.5. The second kappa shape index (κ2) is 37.1. The molecule has 13 N–H and O–H groups in total. The number of nitrogens with one attached hydrogen (secondary N) is 9. The number of aliphatic hydroxyl groups excluding tert-OH is 3. The molecule has 0 aromatic carbocycles. The van der Waals surface area contributed by atoms with Crippen molar-refractivity contribution in [3.05, 3.63) is 0 Å². The van der Waals surface area contributed by atoms with E-state index in [1.165, 1.54) is 6.92 Å². The van der Waals surface area contributed by atoms with Crippen molar-refractivity contribution in [3.63, 3.8) is 0 Å². The molecule has 0 aromatic rings. The first kappa shape index (κ1) is 72.1. The highest BCUT2D eigenvalue weighted by Gasteiger charge is 2.41. The van der Waals surface area contributed by atoms with Crippen LogP contribution in [0.25, 0.3) is 0 Å². The summed E-state index contributed by atoms with van der Waals surface area (Å²) < 4.78 is 5.85. The number of ether oxygens (including phenoxy) is 1. The number of carbonyl (C=O) groups excluding carboxylic acids is 10. The lowest BCUT2D eigenvalue weighted by Gasteiger charge is -2.32. The number of amides is 9. The van der Waals surface area contributed by atoms with Gasteiger partial charge in [-0.15, -0.1) is 0 Å². The topological polar surface area (TPSA) is 386 Å². The van der Waals surface area contributed by atoms with E-state index in [0.717, 1.165) is 25.7 Å². The van der Waals surface area contributed by atoms with Crippen LogP contribution in [0.2, 0.25) is 0 Å². The Hall–Kier alpha value is -5.95. The zero-order valence-electron chi connectivity index (χ0n) is 49.2. The van der Waals surface area contributed by atoms with Crippen LogP contribution in [0.15, 0.2) is 0 Å². The number of carbonyl (C=O) groups is 11. The Morgan fingerprint density at radius 2 is 1.04 bits per heavy atom. The molecule has 0 spiro atoms. The molecule has 0 bridgehead atoms. The van der Waals surface area contributed by atoms with E-state index in [1.54, 1.807) is 69.2 Å². The summed E-state index contributed by atoms with van der Waals surface area (Å²) in [5, 5.41) is 63.7. The molecule has 1 aliphatic rings. The normalized spacial score (nSPS) is 24.2. The average Bonchev–Trinajstić information content (AvgIpc) is 3.38. The third-order valence-corrected chi connectivity index (χ3v) is 13.9. The Bertz CT molecular complexity index is 2040. The minimum atomic E-state index is -1.95. The summed E-state index contributed by atoms with van der Waals surface area (Å²) in [6, 6.07) is -14.1. The number of unbranched alkanes of at least 4 members (excludes halogenated alkanes) is 4. The van der Waals surface area contributed by atoms with Gasteiger partial charge in [-0.3, -0.25) is 47.9 Å². The molecule has 25 nitrogen and oxygen atoms in total. The number of cyclic esters (lactones) is 1. The van der Waals surface area contributed by atoms with Crippen molar-refractivity contribution >= 4 is 65.1 Å². The van der Waals surface area contributed by atoms with Crippen LogP contribution in [0, 0.1) is 29.6 Å². The molecular weight excluding hydrogens is 1040 g/mol. The largest absolute Gasteiger partial charge is 0.481 e. The zero-order chi connectivity index (χ0) is 61.0. The van der Waals surface area contributed by atoms with E-state index in [0.29, 0.717) is 12.8 Å². The van der Waals surface area contributed by atoms with Crippen LogP contribution in [-0.2, 0) is 57.5 Å². The lowest BCUT2D eigenvalue weighted by atomic mass is 9.96. The second-order valence-corrected chi connectivity index (χ2v) is 22.5. The van der Waals surface area contributed by atoms with Crippen LogP contribution in [-0.4, -0.2) is 165 Å². The summed E-state index contributed by atoms with van der Waals surface area (Å²) in [7, 11) is 0. The van der Waals surface area contributed by atoms with E-state index in [2.05, 4.69) is 54.8 Å². The molecule has 0 aromatic heterocycles. The lowest BCUT2D eigenvalue weighted by Crippen LogP contribution is -2.64. The zero-order valence-corrected chi connectivity index (χ0v) is 49.2. The molecule has 1 rings (SSSR count). The monoisotopic (exact) mass is 1140 g/mol. The molecule has 1 heterocycles. The molecule has 0 aliphatic carbocycles. The average molecular weight is 1140 g/mol. The fourth-order valence-electron chi connectivity index (χ4n) is 8.78. The van der Waals surface area contributed by atoms with Gasteiger partial charge >= 0.3 is 11.9 Å².